The van der Waals surface area contributed by atoms with Crippen molar-refractivity contribution in [1.82, 2.24) is 0 Å². The first-order valence-electron chi connectivity index (χ1n) is 6.69. The zero-order valence-electron chi connectivity index (χ0n) is 12.1. The zero-order chi connectivity index (χ0) is 17.1. The fourth-order valence-electron chi connectivity index (χ4n) is 2.41. The quantitative estimate of drug-likeness (QED) is 0.550. The number of anilines is 1. The first kappa shape index (κ1) is 16.2. The Morgan fingerprint density at radius 3 is 2.39 bits per heavy atom. The summed E-state index contributed by atoms with van der Waals surface area (Å²) in [6.45, 7) is 1.74. The maximum Gasteiger partial charge on any atom is 0.326 e. The molecule has 0 amide bonds. The molecule has 0 heterocycles. The van der Waals surface area contributed by atoms with Crippen LogP contribution in [0.25, 0.3) is 10.8 Å². The number of nitro benzene ring substituents is 1. The Hall–Kier alpha value is -3.16. The van der Waals surface area contributed by atoms with Gasteiger partial charge >= 0.3 is 11.9 Å². The van der Waals surface area contributed by atoms with Gasteiger partial charge in [0.25, 0.3) is 5.69 Å². The Kier molecular flexibility index (Phi) is 4.44. The van der Waals surface area contributed by atoms with Crippen LogP contribution in [0.3, 0.4) is 0 Å². The van der Waals surface area contributed by atoms with E-state index in [-0.39, 0.29) is 11.4 Å². The zero-order valence-corrected chi connectivity index (χ0v) is 12.1. The SMILES string of the molecule is Cc1cc(N[C@@H](CC(=O)O)C(=O)O)c([N+](=O)[O-])c2ccccc12. The van der Waals surface area contributed by atoms with Gasteiger partial charge < -0.3 is 15.5 Å². The molecule has 120 valence electrons. The van der Waals surface area contributed by atoms with E-state index in [2.05, 4.69) is 5.32 Å². The van der Waals surface area contributed by atoms with Gasteiger partial charge in [0.05, 0.1) is 16.7 Å². The van der Waals surface area contributed by atoms with Crippen LogP contribution in [-0.4, -0.2) is 33.1 Å². The van der Waals surface area contributed by atoms with E-state index in [9.17, 15) is 19.7 Å². The van der Waals surface area contributed by atoms with Gasteiger partial charge in [-0.05, 0) is 30.0 Å². The Bertz CT molecular complexity index is 802. The number of rotatable bonds is 6. The Morgan fingerprint density at radius 1 is 1.26 bits per heavy atom. The molecule has 0 spiro atoms. The average Bonchev–Trinajstić information content (AvgIpc) is 2.45. The van der Waals surface area contributed by atoms with E-state index >= 15 is 0 Å². The van der Waals surface area contributed by atoms with Gasteiger partial charge in [-0.2, -0.15) is 0 Å². The molecule has 1 atom stereocenters. The van der Waals surface area contributed by atoms with Crippen LogP contribution in [0.5, 0.6) is 0 Å². The minimum Gasteiger partial charge on any atom is -0.481 e. The van der Waals surface area contributed by atoms with E-state index in [0.717, 1.165) is 0 Å². The van der Waals surface area contributed by atoms with Crippen LogP contribution in [0.2, 0.25) is 0 Å². The lowest BCUT2D eigenvalue weighted by atomic mass is 10.0. The van der Waals surface area contributed by atoms with Gasteiger partial charge in [-0.1, -0.05) is 18.2 Å². The Morgan fingerprint density at radius 2 is 1.87 bits per heavy atom. The molecule has 0 fully saturated rings. The minimum atomic E-state index is -1.47. The molecule has 8 heteroatoms. The van der Waals surface area contributed by atoms with Gasteiger partial charge in [0, 0.05) is 0 Å². The van der Waals surface area contributed by atoms with Crippen LogP contribution < -0.4 is 5.32 Å². The number of carbonyl (C=O) groups is 2. The standard InChI is InChI=1S/C15H14N2O6/c1-8-6-11(16-12(15(20)21)7-13(18)19)14(17(22)23)10-5-3-2-4-9(8)10/h2-6,12,16H,7H2,1H3,(H,18,19)(H,20,21)/t12-/m0/s1. The van der Waals surface area contributed by atoms with E-state index in [1.165, 1.54) is 6.07 Å². The topological polar surface area (TPSA) is 130 Å². The summed E-state index contributed by atoms with van der Waals surface area (Å²) >= 11 is 0. The highest BCUT2D eigenvalue weighted by atomic mass is 16.6. The van der Waals surface area contributed by atoms with Crippen molar-refractivity contribution in [3.8, 4) is 0 Å². The number of carboxylic acids is 2. The molecule has 0 unspecified atom stereocenters. The van der Waals surface area contributed by atoms with Crippen LogP contribution in [0.1, 0.15) is 12.0 Å². The number of benzene rings is 2. The van der Waals surface area contributed by atoms with Crippen molar-refractivity contribution in [2.24, 2.45) is 0 Å². The van der Waals surface area contributed by atoms with Crippen LogP contribution in [-0.2, 0) is 9.59 Å². The predicted molar refractivity (Wildman–Crippen MR) is 82.6 cm³/mol. The first-order valence-corrected chi connectivity index (χ1v) is 6.69. The maximum absolute atomic E-state index is 11.4. The number of hydrogen-bond donors (Lipinski definition) is 3. The molecule has 23 heavy (non-hydrogen) atoms. The first-order chi connectivity index (χ1) is 10.8. The minimum absolute atomic E-state index is 0.0140. The number of aryl methyl sites for hydroxylation is 1. The highest BCUT2D eigenvalue weighted by Crippen LogP contribution is 2.36. The molecule has 0 saturated heterocycles. The van der Waals surface area contributed by atoms with Crippen molar-refractivity contribution in [2.45, 2.75) is 19.4 Å². The fourth-order valence-corrected chi connectivity index (χ4v) is 2.41. The fraction of sp³-hybridized carbons (Fsp3) is 0.200. The molecule has 2 rings (SSSR count). The maximum atomic E-state index is 11.4. The molecule has 0 bridgehead atoms. The summed E-state index contributed by atoms with van der Waals surface area (Å²) in [6.07, 6.45) is -0.696. The lowest BCUT2D eigenvalue weighted by Gasteiger charge is -2.16. The molecule has 0 radical (unpaired) electrons. The molecule has 2 aromatic carbocycles. The second kappa shape index (κ2) is 6.30. The molecule has 2 aromatic rings. The van der Waals surface area contributed by atoms with Crippen molar-refractivity contribution in [3.63, 3.8) is 0 Å². The number of aliphatic carboxylic acids is 2. The number of carboxylic acid groups (broad SMARTS) is 2. The van der Waals surface area contributed by atoms with E-state index in [1.54, 1.807) is 31.2 Å². The lowest BCUT2D eigenvalue weighted by molar-refractivity contribution is -0.382. The van der Waals surface area contributed by atoms with Crippen molar-refractivity contribution < 1.29 is 24.7 Å². The van der Waals surface area contributed by atoms with Gasteiger partial charge in [-0.15, -0.1) is 0 Å². The summed E-state index contributed by atoms with van der Waals surface area (Å²) in [5, 5.41) is 32.8. The van der Waals surface area contributed by atoms with Crippen LogP contribution in [0, 0.1) is 17.0 Å². The highest BCUT2D eigenvalue weighted by Gasteiger charge is 2.26. The van der Waals surface area contributed by atoms with Gasteiger partial charge in [-0.3, -0.25) is 14.9 Å². The molecular weight excluding hydrogens is 304 g/mol. The molecule has 0 aliphatic rings. The molecule has 0 saturated carbocycles. The molecular formula is C15H14N2O6. The third-order valence-electron chi connectivity index (χ3n) is 3.41. The van der Waals surface area contributed by atoms with Crippen molar-refractivity contribution >= 4 is 34.1 Å². The number of nitrogens with one attached hydrogen (secondary N) is 1. The molecule has 3 N–H and O–H groups in total. The lowest BCUT2D eigenvalue weighted by Crippen LogP contribution is -2.32. The third-order valence-corrected chi connectivity index (χ3v) is 3.41. The van der Waals surface area contributed by atoms with Gasteiger partial charge in [-0.25, -0.2) is 4.79 Å². The molecule has 8 nitrogen and oxygen atoms in total. The van der Waals surface area contributed by atoms with Gasteiger partial charge in [0.15, 0.2) is 0 Å². The van der Waals surface area contributed by atoms with E-state index in [4.69, 9.17) is 10.2 Å². The normalized spacial score (nSPS) is 11.9. The number of nitrogens with zero attached hydrogens (tertiary/aromatic N) is 1. The summed E-state index contributed by atoms with van der Waals surface area (Å²) in [6, 6.07) is 6.68. The Labute approximate surface area is 130 Å². The number of fused-ring (bicyclic) bond motifs is 1. The van der Waals surface area contributed by atoms with Crippen molar-refractivity contribution in [2.75, 3.05) is 5.32 Å². The van der Waals surface area contributed by atoms with Crippen molar-refractivity contribution in [3.05, 3.63) is 46.0 Å². The largest absolute Gasteiger partial charge is 0.481 e. The van der Waals surface area contributed by atoms with Crippen LogP contribution >= 0.6 is 0 Å². The monoisotopic (exact) mass is 318 g/mol. The number of nitro groups is 1. The van der Waals surface area contributed by atoms with E-state index in [0.29, 0.717) is 16.3 Å². The molecule has 0 aromatic heterocycles. The van der Waals surface area contributed by atoms with E-state index in [1.807, 2.05) is 0 Å². The summed E-state index contributed by atoms with van der Waals surface area (Å²) in [4.78, 5) is 32.8. The average molecular weight is 318 g/mol. The van der Waals surface area contributed by atoms with Gasteiger partial charge in [0.1, 0.15) is 11.7 Å². The van der Waals surface area contributed by atoms with Gasteiger partial charge in [0.2, 0.25) is 0 Å². The number of hydrogen-bond acceptors (Lipinski definition) is 5. The second-order valence-corrected chi connectivity index (χ2v) is 5.03. The Balaban J connectivity index is 2.59. The smallest absolute Gasteiger partial charge is 0.326 e. The summed E-state index contributed by atoms with van der Waals surface area (Å²) in [7, 11) is 0. The van der Waals surface area contributed by atoms with Crippen LogP contribution in [0.15, 0.2) is 30.3 Å². The summed E-state index contributed by atoms with van der Waals surface area (Å²) < 4.78 is 0. The van der Waals surface area contributed by atoms with Crippen molar-refractivity contribution in [1.29, 1.82) is 0 Å². The highest BCUT2D eigenvalue weighted by molar-refractivity contribution is 5.99. The van der Waals surface area contributed by atoms with Crippen LogP contribution in [0.4, 0.5) is 11.4 Å². The molecule has 0 aliphatic carbocycles. The summed E-state index contributed by atoms with van der Waals surface area (Å²) in [5.74, 6) is -2.71. The molecule has 0 aliphatic heterocycles. The summed E-state index contributed by atoms with van der Waals surface area (Å²) in [5.41, 5.74) is 0.427. The predicted octanol–water partition coefficient (Wildman–Crippen LogP) is 2.40. The third kappa shape index (κ3) is 3.37. The second-order valence-electron chi connectivity index (χ2n) is 5.03. The van der Waals surface area contributed by atoms with E-state index < -0.39 is 29.3 Å².